The molecule has 0 aliphatic carbocycles. The van der Waals surface area contributed by atoms with Gasteiger partial charge in [0.25, 0.3) is 0 Å². The molecule has 1 amide bonds. The van der Waals surface area contributed by atoms with E-state index in [0.717, 1.165) is 51.6 Å². The van der Waals surface area contributed by atoms with Gasteiger partial charge in [0.05, 0.1) is 17.8 Å². The number of thiocarbonyl (C=S) groups is 1. The first-order chi connectivity index (χ1) is 19.3. The summed E-state index contributed by atoms with van der Waals surface area (Å²) in [5.74, 6) is -0.0382. The van der Waals surface area contributed by atoms with Gasteiger partial charge in [-0.2, -0.15) is 0 Å². The number of rotatable bonds is 8. The number of halogens is 1. The van der Waals surface area contributed by atoms with E-state index in [1.165, 1.54) is 0 Å². The summed E-state index contributed by atoms with van der Waals surface area (Å²) < 4.78 is 2.25. The molecule has 2 unspecified atom stereocenters. The van der Waals surface area contributed by atoms with Gasteiger partial charge >= 0.3 is 0 Å². The highest BCUT2D eigenvalue weighted by Gasteiger charge is 2.41. The lowest BCUT2D eigenvalue weighted by Gasteiger charge is -2.28. The van der Waals surface area contributed by atoms with Crippen LogP contribution in [0.3, 0.4) is 0 Å². The third-order valence-corrected chi connectivity index (χ3v) is 8.24. The predicted octanol–water partition coefficient (Wildman–Crippen LogP) is 7.01. The van der Waals surface area contributed by atoms with E-state index in [4.69, 9.17) is 23.8 Å². The summed E-state index contributed by atoms with van der Waals surface area (Å²) in [4.78, 5) is 19.9. The topological polar surface area (TPSA) is 62.2 Å². The summed E-state index contributed by atoms with van der Waals surface area (Å²) in [6.45, 7) is 8.89. The minimum absolute atomic E-state index is 0.0382. The second-order valence-electron chi connectivity index (χ2n) is 10.2. The van der Waals surface area contributed by atoms with Gasteiger partial charge in [-0.05, 0) is 92.5 Å². The minimum Gasteiger partial charge on any atom is -0.352 e. The van der Waals surface area contributed by atoms with E-state index in [9.17, 15) is 4.79 Å². The number of hydrogen-bond donors (Lipinski definition) is 2. The molecule has 0 saturated carbocycles. The molecule has 0 radical (unpaired) electrons. The maximum absolute atomic E-state index is 13.1. The Hall–Kier alpha value is -3.68. The van der Waals surface area contributed by atoms with Gasteiger partial charge in [0.2, 0.25) is 5.91 Å². The van der Waals surface area contributed by atoms with Crippen molar-refractivity contribution >= 4 is 40.5 Å². The highest BCUT2D eigenvalue weighted by molar-refractivity contribution is 7.80. The van der Waals surface area contributed by atoms with Gasteiger partial charge in [-0.15, -0.1) is 0 Å². The number of nitrogens with zero attached hydrogens (tertiary/aromatic N) is 3. The van der Waals surface area contributed by atoms with Crippen LogP contribution in [0.15, 0.2) is 72.9 Å². The third kappa shape index (κ3) is 5.49. The van der Waals surface area contributed by atoms with Gasteiger partial charge in [0.15, 0.2) is 5.11 Å². The van der Waals surface area contributed by atoms with Crippen molar-refractivity contribution in [3.8, 4) is 5.69 Å². The smallest absolute Gasteiger partial charge is 0.226 e. The molecule has 1 aliphatic heterocycles. The van der Waals surface area contributed by atoms with Crippen LogP contribution in [0.4, 0.5) is 5.69 Å². The molecule has 6 nitrogen and oxygen atoms in total. The highest BCUT2D eigenvalue weighted by Crippen LogP contribution is 2.41. The van der Waals surface area contributed by atoms with Crippen molar-refractivity contribution in [2.45, 2.75) is 52.6 Å². The molecule has 3 heterocycles. The highest BCUT2D eigenvalue weighted by atomic mass is 35.5. The van der Waals surface area contributed by atoms with E-state index in [1.54, 1.807) is 6.20 Å². The fourth-order valence-electron chi connectivity index (χ4n) is 5.65. The van der Waals surface area contributed by atoms with E-state index >= 15 is 0 Å². The molecule has 2 aromatic heterocycles. The van der Waals surface area contributed by atoms with Crippen LogP contribution in [0.5, 0.6) is 0 Å². The van der Waals surface area contributed by atoms with Crippen LogP contribution in [-0.2, 0) is 11.2 Å². The minimum atomic E-state index is -0.160. The molecule has 8 heteroatoms. The van der Waals surface area contributed by atoms with Gasteiger partial charge in [-0.25, -0.2) is 0 Å². The zero-order valence-electron chi connectivity index (χ0n) is 23.2. The lowest BCUT2D eigenvalue weighted by molar-refractivity contribution is -0.116. The van der Waals surface area contributed by atoms with Crippen molar-refractivity contribution in [3.63, 3.8) is 0 Å². The summed E-state index contributed by atoms with van der Waals surface area (Å²) >= 11 is 12.3. The van der Waals surface area contributed by atoms with Crippen LogP contribution in [0.2, 0.25) is 5.02 Å². The van der Waals surface area contributed by atoms with E-state index in [2.05, 4.69) is 58.8 Å². The Morgan fingerprint density at radius 3 is 2.60 bits per heavy atom. The van der Waals surface area contributed by atoms with Crippen LogP contribution in [-0.4, -0.2) is 32.0 Å². The van der Waals surface area contributed by atoms with Gasteiger partial charge in [-0.3, -0.25) is 9.78 Å². The monoisotopic (exact) mass is 571 g/mol. The van der Waals surface area contributed by atoms with Crippen LogP contribution in [0.25, 0.3) is 5.69 Å². The van der Waals surface area contributed by atoms with Crippen LogP contribution < -0.4 is 10.6 Å². The molecule has 1 fully saturated rings. The number of para-hydroxylation sites is 1. The van der Waals surface area contributed by atoms with Gasteiger partial charge < -0.3 is 20.1 Å². The standard InChI is InChI=1S/C32H34ClN5OS/c1-5-23-10-6-7-11-26(23)35-29(39)15-17-37-31(30(36-32(37)40)27-12-8-9-16-34-27)25-18-21(3)38(22(25)4)28-19-24(33)14-13-20(28)2/h6-14,16,18-19,30-31H,5,15,17H2,1-4H3,(H,35,39)(H,36,40). The Labute approximate surface area is 246 Å². The van der Waals surface area contributed by atoms with Crippen molar-refractivity contribution in [1.82, 2.24) is 19.8 Å². The van der Waals surface area contributed by atoms with Crippen LogP contribution >= 0.6 is 23.8 Å². The fourth-order valence-corrected chi connectivity index (χ4v) is 6.15. The number of pyridine rings is 1. The summed E-state index contributed by atoms with van der Waals surface area (Å²) in [7, 11) is 0. The summed E-state index contributed by atoms with van der Waals surface area (Å²) in [5, 5.41) is 7.92. The predicted molar refractivity (Wildman–Crippen MR) is 166 cm³/mol. The number of benzene rings is 2. The first kappa shape index (κ1) is 27.9. The summed E-state index contributed by atoms with van der Waals surface area (Å²) in [5.41, 5.74) is 8.42. The van der Waals surface area contributed by atoms with Crippen LogP contribution in [0, 0.1) is 20.8 Å². The first-order valence-electron chi connectivity index (χ1n) is 13.6. The van der Waals surface area contributed by atoms with Gasteiger partial charge in [-0.1, -0.05) is 48.9 Å². The molecule has 0 spiro atoms. The zero-order chi connectivity index (χ0) is 28.4. The molecule has 2 N–H and O–H groups in total. The maximum Gasteiger partial charge on any atom is 0.226 e. The molecule has 4 aromatic rings. The Morgan fingerprint density at radius 2 is 1.85 bits per heavy atom. The molecular weight excluding hydrogens is 538 g/mol. The lowest BCUT2D eigenvalue weighted by atomic mass is 9.96. The summed E-state index contributed by atoms with van der Waals surface area (Å²) in [6.07, 6.45) is 2.96. The quantitative estimate of drug-likeness (QED) is 0.223. The van der Waals surface area contributed by atoms with Crippen molar-refractivity contribution in [1.29, 1.82) is 0 Å². The SMILES string of the molecule is CCc1ccccc1NC(=O)CCN1C(=S)NC(c2ccccn2)C1c1cc(C)n(-c2cc(Cl)ccc2C)c1C. The molecule has 0 bridgehead atoms. The molecule has 2 aromatic carbocycles. The number of amides is 1. The molecule has 5 rings (SSSR count). The van der Waals surface area contributed by atoms with Gasteiger partial charge in [0.1, 0.15) is 0 Å². The zero-order valence-corrected chi connectivity index (χ0v) is 24.8. The van der Waals surface area contributed by atoms with Crippen molar-refractivity contribution < 1.29 is 4.79 Å². The van der Waals surface area contributed by atoms with E-state index in [0.29, 0.717) is 23.1 Å². The fraction of sp³-hybridized carbons (Fsp3) is 0.281. The van der Waals surface area contributed by atoms with E-state index in [-0.39, 0.29) is 18.0 Å². The van der Waals surface area contributed by atoms with Crippen molar-refractivity contribution in [2.24, 2.45) is 0 Å². The number of hydrogen-bond acceptors (Lipinski definition) is 3. The molecular formula is C32H34ClN5OS. The average Bonchev–Trinajstić information content (AvgIpc) is 3.43. The van der Waals surface area contributed by atoms with E-state index < -0.39 is 0 Å². The third-order valence-electron chi connectivity index (χ3n) is 7.65. The maximum atomic E-state index is 13.1. The largest absolute Gasteiger partial charge is 0.352 e. The van der Waals surface area contributed by atoms with Gasteiger partial charge in [0, 0.05) is 46.9 Å². The number of carbonyl (C=O) groups excluding carboxylic acids is 1. The summed E-state index contributed by atoms with van der Waals surface area (Å²) in [6, 6.07) is 21.7. The molecule has 2 atom stereocenters. The lowest BCUT2D eigenvalue weighted by Crippen LogP contribution is -2.33. The normalized spacial score (nSPS) is 16.7. The Kier molecular flexibility index (Phi) is 8.24. The van der Waals surface area contributed by atoms with Crippen molar-refractivity contribution in [2.75, 3.05) is 11.9 Å². The Bertz CT molecular complexity index is 1550. The molecule has 40 heavy (non-hydrogen) atoms. The molecule has 1 aliphatic rings. The van der Waals surface area contributed by atoms with Crippen LogP contribution in [0.1, 0.15) is 59.2 Å². The molecule has 1 saturated heterocycles. The average molecular weight is 572 g/mol. The Morgan fingerprint density at radius 1 is 1.07 bits per heavy atom. The van der Waals surface area contributed by atoms with Crippen molar-refractivity contribution in [3.05, 3.63) is 112 Å². The number of aryl methyl sites for hydroxylation is 3. The first-order valence-corrected chi connectivity index (χ1v) is 14.4. The number of carbonyl (C=O) groups is 1. The number of anilines is 1. The Balaban J connectivity index is 1.49. The van der Waals surface area contributed by atoms with E-state index in [1.807, 2.05) is 60.7 Å². The number of aromatic nitrogens is 2. The second kappa shape index (κ2) is 11.8. The number of nitrogens with one attached hydrogen (secondary N) is 2. The molecule has 206 valence electrons. The second-order valence-corrected chi connectivity index (χ2v) is 11.0.